The molecule has 0 aliphatic rings. The monoisotopic (exact) mass is 342 g/mol. The largest absolute Gasteiger partial charge is 0.496 e. The zero-order chi connectivity index (χ0) is 16.1. The van der Waals surface area contributed by atoms with Gasteiger partial charge in [0.25, 0.3) is 0 Å². The van der Waals surface area contributed by atoms with Gasteiger partial charge in [-0.05, 0) is 18.2 Å². The lowest BCUT2D eigenvalue weighted by Crippen LogP contribution is -2.05. The van der Waals surface area contributed by atoms with Gasteiger partial charge in [0.05, 0.1) is 13.3 Å². The molecule has 2 aromatic rings. The van der Waals surface area contributed by atoms with E-state index in [-0.39, 0.29) is 10.7 Å². The molecule has 5 nitrogen and oxygen atoms in total. The lowest BCUT2D eigenvalue weighted by molar-refractivity contribution is 0.0518. The fraction of sp³-hybridized carbons (Fsp3) is 0.0714. The van der Waals surface area contributed by atoms with E-state index < -0.39 is 16.9 Å². The van der Waals surface area contributed by atoms with Crippen LogP contribution < -0.4 is 4.74 Å². The first-order valence-corrected chi connectivity index (χ1v) is 6.67. The summed E-state index contributed by atoms with van der Waals surface area (Å²) in [6, 6.07) is 7.81. The van der Waals surface area contributed by atoms with Gasteiger partial charge < -0.3 is 9.57 Å². The molecule has 114 valence electrons. The number of methoxy groups -OCH3 is 1. The standard InChI is InChI=1S/C14H9Cl2FN2O3/c1-21-11-5-3-2-4-8(11)7-18-22-14(20)9-6-10(17)13(16)19-12(9)15/h2-7H,1H3. The second-order valence-corrected chi connectivity index (χ2v) is 4.67. The van der Waals surface area contributed by atoms with Crippen LogP contribution in [0.5, 0.6) is 5.75 Å². The summed E-state index contributed by atoms with van der Waals surface area (Å²) in [4.78, 5) is 19.9. The van der Waals surface area contributed by atoms with Crippen molar-refractivity contribution in [2.45, 2.75) is 0 Å². The van der Waals surface area contributed by atoms with Crippen molar-refractivity contribution in [3.63, 3.8) is 0 Å². The molecule has 0 bridgehead atoms. The van der Waals surface area contributed by atoms with E-state index in [1.165, 1.54) is 13.3 Å². The van der Waals surface area contributed by atoms with Crippen molar-refractivity contribution >= 4 is 35.4 Å². The molecule has 1 aromatic heterocycles. The predicted octanol–water partition coefficient (Wildman–Crippen LogP) is 3.73. The minimum atomic E-state index is -0.959. The molecule has 22 heavy (non-hydrogen) atoms. The highest BCUT2D eigenvalue weighted by atomic mass is 35.5. The Hall–Kier alpha value is -2.18. The van der Waals surface area contributed by atoms with Crippen LogP contribution in [-0.4, -0.2) is 24.3 Å². The lowest BCUT2D eigenvalue weighted by Gasteiger charge is -2.03. The third-order valence-corrected chi connectivity index (χ3v) is 3.13. The van der Waals surface area contributed by atoms with Crippen molar-refractivity contribution in [2.24, 2.45) is 5.16 Å². The number of ether oxygens (including phenoxy) is 1. The molecule has 0 unspecified atom stereocenters. The number of para-hydroxylation sites is 1. The highest BCUT2D eigenvalue weighted by Crippen LogP contribution is 2.21. The van der Waals surface area contributed by atoms with Crippen molar-refractivity contribution in [1.29, 1.82) is 0 Å². The number of nitrogens with zero attached hydrogens (tertiary/aromatic N) is 2. The maximum Gasteiger partial charge on any atom is 0.368 e. The highest BCUT2D eigenvalue weighted by molar-refractivity contribution is 6.34. The summed E-state index contributed by atoms with van der Waals surface area (Å²) in [6.45, 7) is 0. The van der Waals surface area contributed by atoms with Crippen molar-refractivity contribution in [2.75, 3.05) is 7.11 Å². The van der Waals surface area contributed by atoms with E-state index in [9.17, 15) is 9.18 Å². The molecule has 1 heterocycles. The Kier molecular flexibility index (Phi) is 5.30. The highest BCUT2D eigenvalue weighted by Gasteiger charge is 2.17. The van der Waals surface area contributed by atoms with Crippen molar-refractivity contribution in [3.05, 3.63) is 57.6 Å². The molecule has 0 N–H and O–H groups in total. The summed E-state index contributed by atoms with van der Waals surface area (Å²) in [5.74, 6) is -1.29. The van der Waals surface area contributed by atoms with Crippen molar-refractivity contribution in [3.8, 4) is 5.75 Å². The van der Waals surface area contributed by atoms with Gasteiger partial charge in [-0.3, -0.25) is 0 Å². The Morgan fingerprint density at radius 3 is 2.77 bits per heavy atom. The van der Waals surface area contributed by atoms with Crippen LogP contribution in [0.25, 0.3) is 0 Å². The smallest absolute Gasteiger partial charge is 0.368 e. The molecule has 8 heteroatoms. The third-order valence-electron chi connectivity index (χ3n) is 2.57. The molecule has 2 rings (SSSR count). The van der Waals surface area contributed by atoms with Gasteiger partial charge in [-0.2, -0.15) is 0 Å². The maximum atomic E-state index is 13.3. The van der Waals surface area contributed by atoms with Gasteiger partial charge in [-0.1, -0.05) is 40.5 Å². The van der Waals surface area contributed by atoms with E-state index >= 15 is 0 Å². The van der Waals surface area contributed by atoms with E-state index in [4.69, 9.17) is 27.9 Å². The number of carbonyl (C=O) groups is 1. The number of hydrogen-bond acceptors (Lipinski definition) is 5. The number of rotatable bonds is 4. The number of hydrogen-bond donors (Lipinski definition) is 0. The van der Waals surface area contributed by atoms with E-state index in [2.05, 4.69) is 15.0 Å². The average molecular weight is 343 g/mol. The molecule has 0 fully saturated rings. The number of halogens is 3. The second-order valence-electron chi connectivity index (χ2n) is 3.95. The summed E-state index contributed by atoms with van der Waals surface area (Å²) < 4.78 is 18.4. The van der Waals surface area contributed by atoms with Crippen LogP contribution in [0.1, 0.15) is 15.9 Å². The summed E-state index contributed by atoms with van der Waals surface area (Å²) in [7, 11) is 1.50. The molecular weight excluding hydrogens is 334 g/mol. The van der Waals surface area contributed by atoms with E-state index in [1.807, 2.05) is 0 Å². The van der Waals surface area contributed by atoms with Crippen LogP contribution in [0.2, 0.25) is 10.3 Å². The molecule has 0 atom stereocenters. The Labute approximate surface area is 135 Å². The summed E-state index contributed by atoms with van der Waals surface area (Å²) in [5, 5.41) is 2.82. The minimum absolute atomic E-state index is 0.274. The number of aromatic nitrogens is 1. The SMILES string of the molecule is COc1ccccc1C=NOC(=O)c1cc(F)c(Cl)nc1Cl. The topological polar surface area (TPSA) is 60.8 Å². The Morgan fingerprint density at radius 1 is 1.32 bits per heavy atom. The quantitative estimate of drug-likeness (QED) is 0.367. The van der Waals surface area contributed by atoms with Crippen LogP contribution in [0, 0.1) is 5.82 Å². The van der Waals surface area contributed by atoms with Crippen molar-refractivity contribution < 1.29 is 18.8 Å². The van der Waals surface area contributed by atoms with Gasteiger partial charge in [0, 0.05) is 5.56 Å². The fourth-order valence-electron chi connectivity index (χ4n) is 1.54. The van der Waals surface area contributed by atoms with Crippen molar-refractivity contribution in [1.82, 2.24) is 4.98 Å². The first kappa shape index (κ1) is 16.2. The molecule has 0 radical (unpaired) electrons. The van der Waals surface area contributed by atoms with E-state index in [0.29, 0.717) is 11.3 Å². The van der Waals surface area contributed by atoms with Crippen LogP contribution in [-0.2, 0) is 4.84 Å². The predicted molar refractivity (Wildman–Crippen MR) is 80.2 cm³/mol. The van der Waals surface area contributed by atoms with Gasteiger partial charge >= 0.3 is 5.97 Å². The molecule has 0 spiro atoms. The van der Waals surface area contributed by atoms with Gasteiger partial charge in [0.2, 0.25) is 0 Å². The zero-order valence-corrected chi connectivity index (χ0v) is 12.7. The first-order chi connectivity index (χ1) is 10.5. The van der Waals surface area contributed by atoms with Gasteiger partial charge in [0.1, 0.15) is 16.5 Å². The minimum Gasteiger partial charge on any atom is -0.496 e. The summed E-state index contributed by atoms with van der Waals surface area (Å²) in [6.07, 6.45) is 1.28. The Balaban J connectivity index is 2.13. The average Bonchev–Trinajstić information content (AvgIpc) is 2.51. The number of carbonyl (C=O) groups excluding carboxylic acids is 1. The zero-order valence-electron chi connectivity index (χ0n) is 11.2. The molecule has 0 aliphatic heterocycles. The van der Waals surface area contributed by atoms with Crippen LogP contribution >= 0.6 is 23.2 Å². The number of oxime groups is 1. The molecule has 0 amide bonds. The maximum absolute atomic E-state index is 13.3. The molecule has 0 aliphatic carbocycles. The van der Waals surface area contributed by atoms with Crippen LogP contribution in [0.15, 0.2) is 35.5 Å². The van der Waals surface area contributed by atoms with Gasteiger partial charge in [-0.25, -0.2) is 14.2 Å². The molecule has 1 aromatic carbocycles. The first-order valence-electron chi connectivity index (χ1n) is 5.92. The van der Waals surface area contributed by atoms with Gasteiger partial charge in [0.15, 0.2) is 11.0 Å². The lowest BCUT2D eigenvalue weighted by atomic mass is 10.2. The van der Waals surface area contributed by atoms with Crippen LogP contribution in [0.4, 0.5) is 4.39 Å². The third kappa shape index (κ3) is 3.72. The van der Waals surface area contributed by atoms with Crippen LogP contribution in [0.3, 0.4) is 0 Å². The number of benzene rings is 1. The fourth-order valence-corrected chi connectivity index (χ4v) is 1.94. The Bertz CT molecular complexity index is 738. The molecule has 0 saturated carbocycles. The number of pyridine rings is 1. The molecule has 0 saturated heterocycles. The summed E-state index contributed by atoms with van der Waals surface area (Å²) >= 11 is 11.1. The second kappa shape index (κ2) is 7.20. The summed E-state index contributed by atoms with van der Waals surface area (Å²) in [5.41, 5.74) is 0.324. The Morgan fingerprint density at radius 2 is 2.05 bits per heavy atom. The van der Waals surface area contributed by atoms with E-state index in [1.54, 1.807) is 24.3 Å². The molecular formula is C14H9Cl2FN2O3. The normalized spacial score (nSPS) is 10.7. The van der Waals surface area contributed by atoms with E-state index in [0.717, 1.165) is 6.07 Å². The van der Waals surface area contributed by atoms with Gasteiger partial charge in [-0.15, -0.1) is 0 Å².